The van der Waals surface area contributed by atoms with Crippen LogP contribution in [0.5, 0.6) is 0 Å². The Kier molecular flexibility index (Phi) is 8.23. The molecule has 1 aliphatic heterocycles. The number of Topliss-reactive ketones (excluding diaryl/α,β-unsaturated/α-hetero) is 1. The summed E-state index contributed by atoms with van der Waals surface area (Å²) in [4.78, 5) is 43.7. The lowest BCUT2D eigenvalue weighted by molar-refractivity contribution is -0.122. The molecule has 0 aliphatic carbocycles. The number of carbonyl (C=O) groups excluding carboxylic acids is 3. The summed E-state index contributed by atoms with van der Waals surface area (Å²) in [6, 6.07) is 24.2. The molecule has 5 rings (SSSR count). The number of carbonyl (C=O) groups is 3. The van der Waals surface area contributed by atoms with Crippen molar-refractivity contribution in [2.24, 2.45) is 11.7 Å². The van der Waals surface area contributed by atoms with Crippen molar-refractivity contribution in [1.29, 1.82) is 0 Å². The number of ketones is 1. The standard InChI is InChI=1S/C35H33FN2O3S/c1-35(2,3)25-17-15-23(16-18-25)29-30(32(39)28-13-8-20-42-28)27(19-14-22-9-5-4-6-10-22)38(31(29)33(37)40)34(41)24-11-7-12-26(36)21-24/h4-21,27,29-31H,1-3H3,(H2,37,40). The van der Waals surface area contributed by atoms with Crippen LogP contribution in [0.1, 0.15) is 63.4 Å². The summed E-state index contributed by atoms with van der Waals surface area (Å²) in [5, 5.41) is 1.82. The molecule has 2 amide bonds. The molecular weight excluding hydrogens is 547 g/mol. The Morgan fingerprint density at radius 1 is 0.905 bits per heavy atom. The highest BCUT2D eigenvalue weighted by atomic mass is 32.1. The second-order valence-electron chi connectivity index (χ2n) is 11.6. The maximum absolute atomic E-state index is 14.3. The van der Waals surface area contributed by atoms with E-state index < -0.39 is 41.6 Å². The van der Waals surface area contributed by atoms with E-state index >= 15 is 0 Å². The lowest BCUT2D eigenvalue weighted by Gasteiger charge is -2.29. The fraction of sp³-hybridized carbons (Fsp3) is 0.229. The van der Waals surface area contributed by atoms with E-state index in [4.69, 9.17) is 5.73 Å². The van der Waals surface area contributed by atoms with Gasteiger partial charge in [-0.05, 0) is 51.8 Å². The van der Waals surface area contributed by atoms with Crippen LogP contribution in [-0.4, -0.2) is 34.6 Å². The highest BCUT2D eigenvalue weighted by Crippen LogP contribution is 2.46. The highest BCUT2D eigenvalue weighted by Gasteiger charge is 2.56. The van der Waals surface area contributed by atoms with Crippen LogP contribution < -0.4 is 5.73 Å². The summed E-state index contributed by atoms with van der Waals surface area (Å²) >= 11 is 1.31. The number of thiophene rings is 1. The Hall–Kier alpha value is -4.36. The van der Waals surface area contributed by atoms with Crippen LogP contribution in [-0.2, 0) is 10.2 Å². The third-order valence-corrected chi connectivity index (χ3v) is 8.71. The predicted octanol–water partition coefficient (Wildman–Crippen LogP) is 6.86. The molecule has 0 radical (unpaired) electrons. The Labute approximate surface area is 249 Å². The highest BCUT2D eigenvalue weighted by molar-refractivity contribution is 7.12. The van der Waals surface area contributed by atoms with E-state index in [0.29, 0.717) is 4.88 Å². The van der Waals surface area contributed by atoms with Crippen LogP contribution in [0, 0.1) is 11.7 Å². The van der Waals surface area contributed by atoms with E-state index in [2.05, 4.69) is 20.8 Å². The smallest absolute Gasteiger partial charge is 0.255 e. The number of hydrogen-bond donors (Lipinski definition) is 1. The number of likely N-dealkylation sites (tertiary alicyclic amines) is 1. The number of benzene rings is 3. The van der Waals surface area contributed by atoms with Crippen molar-refractivity contribution in [1.82, 2.24) is 4.90 Å². The molecule has 1 saturated heterocycles. The number of amides is 2. The van der Waals surface area contributed by atoms with Crippen molar-refractivity contribution < 1.29 is 18.8 Å². The zero-order valence-electron chi connectivity index (χ0n) is 23.7. The van der Waals surface area contributed by atoms with Gasteiger partial charge in [0.1, 0.15) is 11.9 Å². The van der Waals surface area contributed by atoms with Crippen molar-refractivity contribution in [2.45, 2.75) is 44.2 Å². The molecule has 2 N–H and O–H groups in total. The minimum absolute atomic E-state index is 0.0745. The Morgan fingerprint density at radius 3 is 2.21 bits per heavy atom. The van der Waals surface area contributed by atoms with Crippen LogP contribution >= 0.6 is 11.3 Å². The van der Waals surface area contributed by atoms with Crippen LogP contribution in [0.2, 0.25) is 0 Å². The molecule has 42 heavy (non-hydrogen) atoms. The lowest BCUT2D eigenvalue weighted by Crippen LogP contribution is -2.48. The van der Waals surface area contributed by atoms with E-state index in [1.165, 1.54) is 34.4 Å². The van der Waals surface area contributed by atoms with Crippen molar-refractivity contribution in [2.75, 3.05) is 0 Å². The largest absolute Gasteiger partial charge is 0.368 e. The molecule has 1 fully saturated rings. The van der Waals surface area contributed by atoms with Crippen LogP contribution in [0.15, 0.2) is 102 Å². The summed E-state index contributed by atoms with van der Waals surface area (Å²) in [5.41, 5.74) is 8.73. The second kappa shape index (κ2) is 11.9. The van der Waals surface area contributed by atoms with E-state index in [-0.39, 0.29) is 16.8 Å². The molecule has 0 spiro atoms. The molecule has 214 valence electrons. The van der Waals surface area contributed by atoms with Gasteiger partial charge < -0.3 is 10.6 Å². The monoisotopic (exact) mass is 580 g/mol. The molecule has 7 heteroatoms. The molecule has 4 unspecified atom stereocenters. The van der Waals surface area contributed by atoms with Gasteiger partial charge in [0, 0.05) is 11.5 Å². The van der Waals surface area contributed by atoms with Gasteiger partial charge in [0.25, 0.3) is 5.91 Å². The number of halogens is 1. The van der Waals surface area contributed by atoms with Crippen molar-refractivity contribution in [3.8, 4) is 0 Å². The first kappa shape index (κ1) is 29.1. The first-order chi connectivity index (χ1) is 20.1. The molecule has 0 bridgehead atoms. The number of primary amides is 1. The van der Waals surface area contributed by atoms with Crippen molar-refractivity contribution in [3.63, 3.8) is 0 Å². The molecule has 5 nitrogen and oxygen atoms in total. The molecular formula is C35H33FN2O3S. The van der Waals surface area contributed by atoms with Gasteiger partial charge in [-0.2, -0.15) is 0 Å². The third-order valence-electron chi connectivity index (χ3n) is 7.83. The van der Waals surface area contributed by atoms with Gasteiger partial charge in [-0.25, -0.2) is 4.39 Å². The van der Waals surface area contributed by atoms with Gasteiger partial charge in [0.05, 0.1) is 16.8 Å². The molecule has 2 heterocycles. The Bertz CT molecular complexity index is 1610. The van der Waals surface area contributed by atoms with Gasteiger partial charge >= 0.3 is 0 Å². The van der Waals surface area contributed by atoms with E-state index in [0.717, 1.165) is 22.8 Å². The zero-order chi connectivity index (χ0) is 30.0. The first-order valence-corrected chi connectivity index (χ1v) is 14.7. The molecule has 0 saturated carbocycles. The van der Waals surface area contributed by atoms with E-state index in [9.17, 15) is 18.8 Å². The summed E-state index contributed by atoms with van der Waals surface area (Å²) in [6.45, 7) is 6.32. The summed E-state index contributed by atoms with van der Waals surface area (Å²) < 4.78 is 14.3. The zero-order valence-corrected chi connectivity index (χ0v) is 24.6. The fourth-order valence-corrected chi connectivity index (χ4v) is 6.48. The summed E-state index contributed by atoms with van der Waals surface area (Å²) in [6.07, 6.45) is 3.64. The maximum atomic E-state index is 14.3. The molecule has 4 atom stereocenters. The quantitative estimate of drug-likeness (QED) is 0.243. The maximum Gasteiger partial charge on any atom is 0.255 e. The van der Waals surface area contributed by atoms with Gasteiger partial charge in [-0.15, -0.1) is 11.3 Å². The van der Waals surface area contributed by atoms with Crippen molar-refractivity contribution in [3.05, 3.63) is 135 Å². The van der Waals surface area contributed by atoms with E-state index in [1.807, 2.05) is 66.1 Å². The van der Waals surface area contributed by atoms with Gasteiger partial charge in [-0.1, -0.05) is 99.7 Å². The average molecular weight is 581 g/mol. The summed E-state index contributed by atoms with van der Waals surface area (Å²) in [5.74, 6) is -3.61. The minimum atomic E-state index is -1.15. The normalized spacial score (nSPS) is 20.6. The van der Waals surface area contributed by atoms with Gasteiger partial charge in [0.2, 0.25) is 5.91 Å². The lowest BCUT2D eigenvalue weighted by atomic mass is 9.77. The van der Waals surface area contributed by atoms with Gasteiger partial charge in [0.15, 0.2) is 5.78 Å². The predicted molar refractivity (Wildman–Crippen MR) is 165 cm³/mol. The van der Waals surface area contributed by atoms with Crippen LogP contribution in [0.25, 0.3) is 6.08 Å². The SMILES string of the molecule is CC(C)(C)c1ccc(C2C(C(=O)c3cccs3)C(C=Cc3ccccc3)N(C(=O)c3cccc(F)c3)C2C(N)=O)cc1. The van der Waals surface area contributed by atoms with Crippen molar-refractivity contribution >= 4 is 35.0 Å². The van der Waals surface area contributed by atoms with Gasteiger partial charge in [-0.3, -0.25) is 14.4 Å². The Morgan fingerprint density at radius 2 is 1.62 bits per heavy atom. The number of rotatable bonds is 7. The number of nitrogens with two attached hydrogens (primary N) is 1. The van der Waals surface area contributed by atoms with Crippen LogP contribution in [0.3, 0.4) is 0 Å². The van der Waals surface area contributed by atoms with E-state index in [1.54, 1.807) is 18.2 Å². The molecule has 1 aromatic heterocycles. The molecule has 1 aliphatic rings. The number of nitrogens with zero attached hydrogens (tertiary/aromatic N) is 1. The topological polar surface area (TPSA) is 80.5 Å². The average Bonchev–Trinajstić information content (AvgIpc) is 3.62. The Balaban J connectivity index is 1.72. The molecule has 4 aromatic rings. The molecule has 3 aromatic carbocycles. The second-order valence-corrected chi connectivity index (χ2v) is 12.5. The summed E-state index contributed by atoms with van der Waals surface area (Å²) in [7, 11) is 0. The first-order valence-electron chi connectivity index (χ1n) is 13.8. The van der Waals surface area contributed by atoms with Crippen LogP contribution in [0.4, 0.5) is 4.39 Å². The fourth-order valence-electron chi connectivity index (χ4n) is 5.77. The minimum Gasteiger partial charge on any atom is -0.368 e. The third kappa shape index (κ3) is 5.83. The number of hydrogen-bond acceptors (Lipinski definition) is 4.